The maximum absolute atomic E-state index is 13.8. The predicted molar refractivity (Wildman–Crippen MR) is 161 cm³/mol. The third kappa shape index (κ3) is 6.03. The first-order valence-corrected chi connectivity index (χ1v) is 13.5. The Morgan fingerprint density at radius 1 is 0.857 bits per heavy atom. The van der Waals surface area contributed by atoms with Gasteiger partial charge < -0.3 is 19.5 Å². The Morgan fingerprint density at radius 2 is 1.55 bits per heavy atom. The number of carbonyl (C=O) groups excluding carboxylic acids is 2. The number of aromatic nitrogens is 2. The molecule has 5 aromatic rings. The summed E-state index contributed by atoms with van der Waals surface area (Å²) in [6.45, 7) is 1.29. The number of carbonyl (C=O) groups is 2. The number of benzene rings is 4. The molecule has 0 atom stereocenters. The van der Waals surface area contributed by atoms with Gasteiger partial charge in [-0.1, -0.05) is 34.1 Å². The Bertz CT molecular complexity index is 1770. The number of halogens is 2. The van der Waals surface area contributed by atoms with E-state index in [0.717, 1.165) is 4.47 Å². The van der Waals surface area contributed by atoms with Crippen molar-refractivity contribution in [3.8, 4) is 45.5 Å². The van der Waals surface area contributed by atoms with Crippen LogP contribution in [0.4, 0.5) is 10.1 Å². The summed E-state index contributed by atoms with van der Waals surface area (Å²) in [5.74, 6) is -0.0786. The van der Waals surface area contributed by atoms with Gasteiger partial charge in [0.15, 0.2) is 11.5 Å². The highest BCUT2D eigenvalue weighted by Crippen LogP contribution is 2.43. The van der Waals surface area contributed by atoms with E-state index in [1.54, 1.807) is 61.7 Å². The zero-order valence-corrected chi connectivity index (χ0v) is 24.4. The number of esters is 1. The molecule has 0 aliphatic rings. The van der Waals surface area contributed by atoms with E-state index in [1.807, 2.05) is 12.1 Å². The first-order valence-electron chi connectivity index (χ1n) is 12.7. The molecule has 0 aliphatic heterocycles. The normalized spacial score (nSPS) is 10.7. The number of nitrogens with zero attached hydrogens (tertiary/aromatic N) is 2. The van der Waals surface area contributed by atoms with E-state index in [1.165, 1.54) is 43.0 Å². The summed E-state index contributed by atoms with van der Waals surface area (Å²) >= 11 is 3.38. The Labute approximate surface area is 249 Å². The minimum absolute atomic E-state index is 0.143. The molecule has 8 nitrogen and oxygen atoms in total. The van der Waals surface area contributed by atoms with E-state index in [9.17, 15) is 14.0 Å². The van der Waals surface area contributed by atoms with Crippen LogP contribution in [-0.4, -0.2) is 35.9 Å². The smallest absolute Gasteiger partial charge is 0.309 e. The van der Waals surface area contributed by atoms with Crippen LogP contribution in [0.1, 0.15) is 17.3 Å². The van der Waals surface area contributed by atoms with Crippen LogP contribution in [0.2, 0.25) is 0 Å². The van der Waals surface area contributed by atoms with Crippen LogP contribution in [0.5, 0.6) is 17.4 Å². The monoisotopic (exact) mass is 629 g/mol. The van der Waals surface area contributed by atoms with Crippen molar-refractivity contribution in [1.29, 1.82) is 0 Å². The first-order chi connectivity index (χ1) is 20.3. The van der Waals surface area contributed by atoms with Gasteiger partial charge >= 0.3 is 5.97 Å². The minimum atomic E-state index is -0.559. The summed E-state index contributed by atoms with van der Waals surface area (Å²) in [7, 11) is 3.08. The summed E-state index contributed by atoms with van der Waals surface area (Å²) in [5, 5.41) is 7.70. The largest absolute Gasteiger partial charge is 0.493 e. The van der Waals surface area contributed by atoms with Crippen molar-refractivity contribution in [3.05, 3.63) is 107 Å². The number of nitrogens with one attached hydrogen (secondary N) is 1. The van der Waals surface area contributed by atoms with E-state index >= 15 is 0 Å². The van der Waals surface area contributed by atoms with Gasteiger partial charge in [-0.25, -0.2) is 4.39 Å². The van der Waals surface area contributed by atoms with E-state index < -0.39 is 11.8 Å². The van der Waals surface area contributed by atoms with Crippen LogP contribution in [0.3, 0.4) is 0 Å². The highest BCUT2D eigenvalue weighted by atomic mass is 79.9. The van der Waals surface area contributed by atoms with Crippen molar-refractivity contribution in [3.63, 3.8) is 0 Å². The number of ether oxygens (including phenoxy) is 3. The molecule has 4 aromatic carbocycles. The number of hydrogen-bond donors (Lipinski definition) is 1. The van der Waals surface area contributed by atoms with Gasteiger partial charge in [0.1, 0.15) is 11.5 Å². The lowest BCUT2D eigenvalue weighted by atomic mass is 10.0. The summed E-state index contributed by atoms with van der Waals surface area (Å²) < 4.78 is 32.6. The van der Waals surface area contributed by atoms with Gasteiger partial charge in [0.2, 0.25) is 5.88 Å². The highest BCUT2D eigenvalue weighted by molar-refractivity contribution is 9.10. The molecule has 212 valence electrons. The molecule has 42 heavy (non-hydrogen) atoms. The van der Waals surface area contributed by atoms with Gasteiger partial charge in [0.25, 0.3) is 5.91 Å². The van der Waals surface area contributed by atoms with E-state index in [-0.39, 0.29) is 11.8 Å². The zero-order chi connectivity index (χ0) is 29.8. The molecular weight excluding hydrogens is 605 g/mol. The Morgan fingerprint density at radius 3 is 2.19 bits per heavy atom. The molecule has 0 bridgehead atoms. The Kier molecular flexibility index (Phi) is 8.35. The predicted octanol–water partition coefficient (Wildman–Crippen LogP) is 7.30. The summed E-state index contributed by atoms with van der Waals surface area (Å²) in [4.78, 5) is 25.1. The average molecular weight is 630 g/mol. The SMILES string of the molecule is COc1ccc(-c2nn(-c3ccc(F)cc3)c(OC(C)=O)c2-c2ccc(NC(=O)c3cccc(Br)c3)cc2)cc1OC. The van der Waals surface area contributed by atoms with Gasteiger partial charge in [-0.05, 0) is 78.4 Å². The number of rotatable bonds is 8. The molecule has 1 aromatic heterocycles. The third-order valence-electron chi connectivity index (χ3n) is 6.33. The summed E-state index contributed by atoms with van der Waals surface area (Å²) in [6, 6.07) is 25.2. The molecule has 0 saturated heterocycles. The fourth-order valence-corrected chi connectivity index (χ4v) is 4.79. The molecule has 5 rings (SSSR count). The van der Waals surface area contributed by atoms with Crippen molar-refractivity contribution < 1.29 is 28.2 Å². The van der Waals surface area contributed by atoms with Gasteiger partial charge in [-0.2, -0.15) is 9.78 Å². The van der Waals surface area contributed by atoms with Crippen molar-refractivity contribution >= 4 is 33.5 Å². The van der Waals surface area contributed by atoms with Crippen LogP contribution in [0, 0.1) is 5.82 Å². The quantitative estimate of drug-likeness (QED) is 0.181. The Hall–Kier alpha value is -4.96. The van der Waals surface area contributed by atoms with Crippen LogP contribution < -0.4 is 19.5 Å². The van der Waals surface area contributed by atoms with Gasteiger partial charge in [0, 0.05) is 28.2 Å². The fraction of sp³-hybridized carbons (Fsp3) is 0.0938. The first kappa shape index (κ1) is 28.6. The zero-order valence-electron chi connectivity index (χ0n) is 22.9. The number of methoxy groups -OCH3 is 2. The lowest BCUT2D eigenvalue weighted by Gasteiger charge is -2.11. The van der Waals surface area contributed by atoms with E-state index in [4.69, 9.17) is 19.3 Å². The highest BCUT2D eigenvalue weighted by Gasteiger charge is 2.25. The Balaban J connectivity index is 1.64. The second-order valence-electron chi connectivity index (χ2n) is 9.12. The molecule has 0 aliphatic carbocycles. The van der Waals surface area contributed by atoms with Crippen molar-refractivity contribution in [1.82, 2.24) is 9.78 Å². The molecule has 1 amide bonds. The summed E-state index contributed by atoms with van der Waals surface area (Å²) in [5.41, 5.74) is 3.85. The topological polar surface area (TPSA) is 91.7 Å². The van der Waals surface area contributed by atoms with Crippen molar-refractivity contribution in [2.45, 2.75) is 6.92 Å². The van der Waals surface area contributed by atoms with E-state index in [0.29, 0.717) is 50.8 Å². The standard InChI is InChI=1S/C32H25BrFN3O5/c1-19(38)42-32-29(20-7-12-25(13-8-20)35-31(39)22-5-4-6-23(33)17-22)30(21-9-16-27(40-2)28(18-21)41-3)36-37(32)26-14-10-24(34)11-15-26/h4-18H,1-3H3,(H,35,39). The summed E-state index contributed by atoms with van der Waals surface area (Å²) in [6.07, 6.45) is 0. The van der Waals surface area contributed by atoms with E-state index in [2.05, 4.69) is 21.2 Å². The van der Waals surface area contributed by atoms with Crippen LogP contribution in [0.15, 0.2) is 95.5 Å². The molecule has 0 radical (unpaired) electrons. The number of hydrogen-bond acceptors (Lipinski definition) is 6. The van der Waals surface area contributed by atoms with Crippen LogP contribution >= 0.6 is 15.9 Å². The molecule has 1 heterocycles. The van der Waals surface area contributed by atoms with Crippen LogP contribution in [-0.2, 0) is 4.79 Å². The average Bonchev–Trinajstić information content (AvgIpc) is 3.35. The van der Waals surface area contributed by atoms with Gasteiger partial charge in [-0.15, -0.1) is 0 Å². The van der Waals surface area contributed by atoms with Gasteiger partial charge in [-0.3, -0.25) is 9.59 Å². The number of anilines is 1. The maximum Gasteiger partial charge on any atom is 0.309 e. The molecule has 1 N–H and O–H groups in total. The maximum atomic E-state index is 13.8. The van der Waals surface area contributed by atoms with Crippen molar-refractivity contribution in [2.24, 2.45) is 0 Å². The lowest BCUT2D eigenvalue weighted by Crippen LogP contribution is -2.11. The van der Waals surface area contributed by atoms with Gasteiger partial charge in [0.05, 0.1) is 25.5 Å². The molecule has 0 fully saturated rings. The molecular formula is C32H25BrFN3O5. The lowest BCUT2D eigenvalue weighted by molar-refractivity contribution is -0.132. The molecule has 0 spiro atoms. The number of amides is 1. The molecule has 0 saturated carbocycles. The minimum Gasteiger partial charge on any atom is -0.493 e. The van der Waals surface area contributed by atoms with Crippen LogP contribution in [0.25, 0.3) is 28.1 Å². The third-order valence-corrected chi connectivity index (χ3v) is 6.82. The molecule has 0 unspecified atom stereocenters. The molecule has 10 heteroatoms. The second kappa shape index (κ2) is 12.3. The van der Waals surface area contributed by atoms with Crippen molar-refractivity contribution in [2.75, 3.05) is 19.5 Å². The fourth-order valence-electron chi connectivity index (χ4n) is 4.39. The second-order valence-corrected chi connectivity index (χ2v) is 10.0.